The molecular formula is C30H33ClF2N6O. The lowest BCUT2D eigenvalue weighted by atomic mass is 9.94. The summed E-state index contributed by atoms with van der Waals surface area (Å²) in [5.74, 6) is -0.879. The molecule has 40 heavy (non-hydrogen) atoms. The maximum Gasteiger partial charge on any atom is 0.319 e. The third-order valence-corrected chi connectivity index (χ3v) is 9.17. The zero-order chi connectivity index (χ0) is 27.8. The molecule has 1 saturated carbocycles. The monoisotopic (exact) mass is 566 g/mol. The molecule has 1 aliphatic carbocycles. The zero-order valence-electron chi connectivity index (χ0n) is 23.0. The highest BCUT2D eigenvalue weighted by molar-refractivity contribution is 6.33. The van der Waals surface area contributed by atoms with E-state index in [0.29, 0.717) is 56.9 Å². The summed E-state index contributed by atoms with van der Waals surface area (Å²) < 4.78 is 38.9. The third-order valence-electron chi connectivity index (χ3n) is 8.78. The average Bonchev–Trinajstić information content (AvgIpc) is 3.36. The molecule has 3 fully saturated rings. The summed E-state index contributed by atoms with van der Waals surface area (Å²) in [4.78, 5) is 16.7. The number of H-pyrrole nitrogens is 1. The molecule has 210 valence electrons. The Bertz CT molecular complexity index is 1620. The average molecular weight is 567 g/mol. The Hall–Kier alpha value is -3.01. The molecule has 2 aliphatic heterocycles. The quantitative estimate of drug-likeness (QED) is 0.300. The summed E-state index contributed by atoms with van der Waals surface area (Å²) >= 11 is 6.51. The first kappa shape index (κ1) is 25.9. The van der Waals surface area contributed by atoms with E-state index in [9.17, 15) is 0 Å². The summed E-state index contributed by atoms with van der Waals surface area (Å²) in [6.45, 7) is 4.57. The van der Waals surface area contributed by atoms with Crippen LogP contribution in [0, 0.1) is 24.0 Å². The summed E-state index contributed by atoms with van der Waals surface area (Å²) in [7, 11) is 4.10. The molecule has 4 aromatic rings. The maximum absolute atomic E-state index is 16.6. The number of aromatic nitrogens is 3. The van der Waals surface area contributed by atoms with Crippen molar-refractivity contribution in [2.45, 2.75) is 44.7 Å². The Morgan fingerprint density at radius 2 is 1.85 bits per heavy atom. The van der Waals surface area contributed by atoms with Gasteiger partial charge in [0, 0.05) is 70.2 Å². The Kier molecular flexibility index (Phi) is 6.18. The molecule has 0 amide bonds. The second-order valence-electron chi connectivity index (χ2n) is 12.1. The van der Waals surface area contributed by atoms with Crippen LogP contribution in [0.25, 0.3) is 32.9 Å². The van der Waals surface area contributed by atoms with Crippen LogP contribution in [-0.2, 0) is 0 Å². The number of rotatable bonds is 7. The van der Waals surface area contributed by atoms with Crippen LogP contribution in [0.4, 0.5) is 14.6 Å². The first-order valence-corrected chi connectivity index (χ1v) is 14.3. The lowest BCUT2D eigenvalue weighted by molar-refractivity contribution is 0.183. The Morgan fingerprint density at radius 3 is 2.55 bits per heavy atom. The van der Waals surface area contributed by atoms with Crippen LogP contribution in [0.2, 0.25) is 5.02 Å². The smallest absolute Gasteiger partial charge is 0.319 e. The number of halogens is 3. The van der Waals surface area contributed by atoms with Gasteiger partial charge >= 0.3 is 6.01 Å². The number of piperazine rings is 1. The van der Waals surface area contributed by atoms with Gasteiger partial charge in [0.1, 0.15) is 17.2 Å². The van der Waals surface area contributed by atoms with Gasteiger partial charge in [0.05, 0.1) is 12.2 Å². The van der Waals surface area contributed by atoms with E-state index < -0.39 is 11.6 Å². The lowest BCUT2D eigenvalue weighted by Gasteiger charge is -2.34. The predicted octanol–water partition coefficient (Wildman–Crippen LogP) is 5.68. The fourth-order valence-electron chi connectivity index (χ4n) is 6.68. The number of hydrogen-bond acceptors (Lipinski definition) is 6. The van der Waals surface area contributed by atoms with Gasteiger partial charge in [-0.25, -0.2) is 8.78 Å². The van der Waals surface area contributed by atoms with Crippen LogP contribution in [-0.4, -0.2) is 72.3 Å². The molecule has 4 heterocycles. The molecule has 7 rings (SSSR count). The number of hydrogen-bond donors (Lipinski definition) is 2. The molecule has 2 unspecified atom stereocenters. The second-order valence-corrected chi connectivity index (χ2v) is 12.5. The lowest BCUT2D eigenvalue weighted by Crippen LogP contribution is -2.51. The van der Waals surface area contributed by atoms with Gasteiger partial charge in [-0.15, -0.1) is 0 Å². The largest absolute Gasteiger partial charge is 0.463 e. The van der Waals surface area contributed by atoms with Gasteiger partial charge < -0.3 is 24.8 Å². The fourth-order valence-corrected chi connectivity index (χ4v) is 6.88. The molecule has 0 spiro atoms. The van der Waals surface area contributed by atoms with Gasteiger partial charge in [-0.1, -0.05) is 11.6 Å². The van der Waals surface area contributed by atoms with Gasteiger partial charge in [0.2, 0.25) is 0 Å². The first-order chi connectivity index (χ1) is 19.2. The highest BCUT2D eigenvalue weighted by atomic mass is 35.5. The van der Waals surface area contributed by atoms with E-state index in [-0.39, 0.29) is 22.5 Å². The minimum absolute atomic E-state index is 0.0560. The van der Waals surface area contributed by atoms with Crippen molar-refractivity contribution in [3.63, 3.8) is 0 Å². The molecule has 2 aromatic heterocycles. The van der Waals surface area contributed by atoms with E-state index in [2.05, 4.69) is 25.1 Å². The molecule has 10 heteroatoms. The maximum atomic E-state index is 16.6. The molecule has 2 atom stereocenters. The number of anilines is 1. The van der Waals surface area contributed by atoms with Crippen LogP contribution < -0.4 is 15.0 Å². The SMILES string of the molecule is Cc1c(Cl)cc2[nH]ccc2c1-c1c(F)cc2c(N3CC4CCC(C3)N4)nc(OCC3(CN(C)C)CC3)nc2c1F. The molecular weight excluding hydrogens is 534 g/mol. The van der Waals surface area contributed by atoms with Crippen molar-refractivity contribution in [2.24, 2.45) is 5.41 Å². The van der Waals surface area contributed by atoms with Crippen molar-refractivity contribution in [2.75, 3.05) is 45.2 Å². The summed E-state index contributed by atoms with van der Waals surface area (Å²) in [6, 6.07) is 5.75. The number of aromatic amines is 1. The van der Waals surface area contributed by atoms with Crippen molar-refractivity contribution < 1.29 is 13.5 Å². The standard InChI is InChI=1S/C30H33ClF2N6O/c1-16-21(31)11-23-19(6-9-34-23)24(16)25-22(32)10-20-27(26(25)33)36-29(40-15-30(7-8-30)14-38(2)3)37-28(20)39-12-17-4-5-18(13-39)35-17/h6,9-11,17-18,34-35H,4-5,7-8,12-15H2,1-3H3. The van der Waals surface area contributed by atoms with Gasteiger partial charge in [-0.05, 0) is 70.5 Å². The van der Waals surface area contributed by atoms with Gasteiger partial charge in [0.15, 0.2) is 5.82 Å². The van der Waals surface area contributed by atoms with Crippen molar-refractivity contribution in [3.8, 4) is 17.1 Å². The van der Waals surface area contributed by atoms with E-state index in [4.69, 9.17) is 21.3 Å². The van der Waals surface area contributed by atoms with E-state index in [1.165, 1.54) is 6.07 Å². The highest BCUT2D eigenvalue weighted by Gasteiger charge is 2.44. The van der Waals surface area contributed by atoms with Crippen LogP contribution in [0.5, 0.6) is 6.01 Å². The molecule has 2 N–H and O–H groups in total. The zero-order valence-corrected chi connectivity index (χ0v) is 23.7. The van der Waals surface area contributed by atoms with E-state index >= 15 is 8.78 Å². The third kappa shape index (κ3) is 4.39. The van der Waals surface area contributed by atoms with Gasteiger partial charge in [-0.2, -0.15) is 9.97 Å². The Labute approximate surface area is 236 Å². The topological polar surface area (TPSA) is 69.3 Å². The fraction of sp³-hybridized carbons (Fsp3) is 0.467. The number of nitrogens with zero attached hydrogens (tertiary/aromatic N) is 4. The first-order valence-electron chi connectivity index (χ1n) is 14.0. The van der Waals surface area contributed by atoms with Crippen molar-refractivity contribution in [1.29, 1.82) is 0 Å². The Balaban J connectivity index is 1.39. The van der Waals surface area contributed by atoms with Gasteiger partial charge in [0.25, 0.3) is 0 Å². The molecule has 3 aliphatic rings. The number of benzene rings is 2. The van der Waals surface area contributed by atoms with E-state index in [1.807, 2.05) is 20.2 Å². The van der Waals surface area contributed by atoms with Crippen LogP contribution in [0.1, 0.15) is 31.2 Å². The molecule has 2 bridgehead atoms. The summed E-state index contributed by atoms with van der Waals surface area (Å²) in [5.41, 5.74) is 1.72. The van der Waals surface area contributed by atoms with Crippen LogP contribution in [0.15, 0.2) is 24.4 Å². The minimum atomic E-state index is -0.733. The van der Waals surface area contributed by atoms with Gasteiger partial charge in [-0.3, -0.25) is 0 Å². The van der Waals surface area contributed by atoms with Crippen molar-refractivity contribution in [1.82, 2.24) is 25.2 Å². The summed E-state index contributed by atoms with van der Waals surface area (Å²) in [5, 5.41) is 5.10. The second kappa shape index (κ2) is 9.53. The van der Waals surface area contributed by atoms with Crippen molar-refractivity contribution in [3.05, 3.63) is 46.6 Å². The highest BCUT2D eigenvalue weighted by Crippen LogP contribution is 2.47. The Morgan fingerprint density at radius 1 is 1.10 bits per heavy atom. The molecule has 7 nitrogen and oxygen atoms in total. The molecule has 2 saturated heterocycles. The van der Waals surface area contributed by atoms with E-state index in [0.717, 1.165) is 45.3 Å². The summed E-state index contributed by atoms with van der Waals surface area (Å²) in [6.07, 6.45) is 6.03. The molecule has 2 aromatic carbocycles. The normalized spacial score (nSPS) is 21.6. The molecule has 0 radical (unpaired) electrons. The number of ether oxygens (including phenoxy) is 1. The van der Waals surface area contributed by atoms with E-state index in [1.54, 1.807) is 19.2 Å². The van der Waals surface area contributed by atoms with Crippen LogP contribution in [0.3, 0.4) is 0 Å². The predicted molar refractivity (Wildman–Crippen MR) is 154 cm³/mol. The number of fused-ring (bicyclic) bond motifs is 4. The number of nitrogens with one attached hydrogen (secondary N) is 2. The van der Waals surface area contributed by atoms with Crippen molar-refractivity contribution >= 4 is 39.2 Å². The minimum Gasteiger partial charge on any atom is -0.463 e. The van der Waals surface area contributed by atoms with Crippen LogP contribution >= 0.6 is 11.6 Å².